The number of hydrogen-bond donors (Lipinski definition) is 1. The van der Waals surface area contributed by atoms with E-state index in [2.05, 4.69) is 13.8 Å². The van der Waals surface area contributed by atoms with E-state index in [-0.39, 0.29) is 11.8 Å². The first-order valence-corrected chi connectivity index (χ1v) is 6.88. The molecule has 2 N–H and O–H groups in total. The summed E-state index contributed by atoms with van der Waals surface area (Å²) in [7, 11) is -2.91. The molecule has 0 amide bonds. The van der Waals surface area contributed by atoms with Crippen LogP contribution in [0.1, 0.15) is 33.1 Å². The van der Waals surface area contributed by atoms with Crippen LogP contribution in [0.15, 0.2) is 0 Å². The Morgan fingerprint density at radius 2 is 1.69 bits per heavy atom. The number of sulfone groups is 1. The second-order valence-corrected chi connectivity index (χ2v) is 5.96. The van der Waals surface area contributed by atoms with Gasteiger partial charge in [-0.25, -0.2) is 8.42 Å². The minimum Gasteiger partial charge on any atom is -0.327 e. The van der Waals surface area contributed by atoms with Crippen molar-refractivity contribution < 1.29 is 8.42 Å². The number of nitrogens with two attached hydrogens (primary N) is 1. The Morgan fingerprint density at radius 3 is 2.00 bits per heavy atom. The molecule has 0 spiro atoms. The van der Waals surface area contributed by atoms with Gasteiger partial charge in [0.2, 0.25) is 0 Å². The van der Waals surface area contributed by atoms with E-state index in [9.17, 15) is 8.42 Å². The third-order valence-corrected chi connectivity index (χ3v) is 3.34. The molecule has 13 heavy (non-hydrogen) atoms. The van der Waals surface area contributed by atoms with Crippen LogP contribution in [0.5, 0.6) is 0 Å². The molecular formula is C9H21NO2S. The minimum atomic E-state index is -2.91. The minimum absolute atomic E-state index is 0.115. The molecule has 0 rings (SSSR count). The van der Waals surface area contributed by atoms with E-state index in [4.69, 9.17) is 5.73 Å². The van der Waals surface area contributed by atoms with Crippen molar-refractivity contribution >= 4 is 9.84 Å². The molecule has 1 atom stereocenters. The Labute approximate surface area is 81.6 Å². The zero-order chi connectivity index (χ0) is 10.5. The van der Waals surface area contributed by atoms with Gasteiger partial charge in [0.15, 0.2) is 0 Å². The van der Waals surface area contributed by atoms with Crippen LogP contribution < -0.4 is 5.73 Å². The molecule has 80 valence electrons. The molecule has 0 saturated carbocycles. The molecule has 4 heteroatoms. The molecule has 0 bridgehead atoms. The lowest BCUT2D eigenvalue weighted by Crippen LogP contribution is -2.31. The summed E-state index contributed by atoms with van der Waals surface area (Å²) in [4.78, 5) is 0. The molecule has 0 aliphatic carbocycles. The zero-order valence-electron chi connectivity index (χ0n) is 8.79. The van der Waals surface area contributed by atoms with Gasteiger partial charge in [0, 0.05) is 12.3 Å². The summed E-state index contributed by atoms with van der Waals surface area (Å²) in [6, 6.07) is -0.195. The fourth-order valence-corrected chi connectivity index (χ4v) is 2.42. The van der Waals surface area contributed by atoms with Crippen LogP contribution in [0.2, 0.25) is 0 Å². The second kappa shape index (κ2) is 5.60. The maximum Gasteiger partial charge on any atom is 0.148 e. The molecule has 0 aromatic heterocycles. The fraction of sp³-hybridized carbons (Fsp3) is 1.00. The van der Waals surface area contributed by atoms with Gasteiger partial charge in [-0.3, -0.25) is 0 Å². The summed E-state index contributed by atoms with van der Waals surface area (Å²) >= 11 is 0. The van der Waals surface area contributed by atoms with Gasteiger partial charge < -0.3 is 5.73 Å². The van der Waals surface area contributed by atoms with Gasteiger partial charge >= 0.3 is 0 Å². The van der Waals surface area contributed by atoms with Crippen LogP contribution in [0.25, 0.3) is 0 Å². The van der Waals surface area contributed by atoms with Gasteiger partial charge in [0.1, 0.15) is 9.84 Å². The average molecular weight is 207 g/mol. The second-order valence-electron chi connectivity index (χ2n) is 3.77. The van der Waals surface area contributed by atoms with Crippen molar-refractivity contribution in [3.05, 3.63) is 0 Å². The first-order chi connectivity index (χ1) is 5.89. The lowest BCUT2D eigenvalue weighted by molar-refractivity contribution is 0.421. The van der Waals surface area contributed by atoms with E-state index in [1.54, 1.807) is 0 Å². The first kappa shape index (κ1) is 12.9. The summed E-state index contributed by atoms with van der Waals surface area (Å²) in [6.45, 7) is 4.22. The third kappa shape index (κ3) is 7.02. The summed E-state index contributed by atoms with van der Waals surface area (Å²) in [6.07, 6.45) is 4.21. The average Bonchev–Trinajstić information content (AvgIpc) is 1.96. The van der Waals surface area contributed by atoms with Gasteiger partial charge in [-0.15, -0.1) is 0 Å². The first-order valence-electron chi connectivity index (χ1n) is 4.82. The highest BCUT2D eigenvalue weighted by atomic mass is 32.2. The topological polar surface area (TPSA) is 60.2 Å². The highest BCUT2D eigenvalue weighted by molar-refractivity contribution is 7.90. The van der Waals surface area contributed by atoms with Crippen molar-refractivity contribution in [1.82, 2.24) is 0 Å². The Morgan fingerprint density at radius 1 is 1.23 bits per heavy atom. The highest BCUT2D eigenvalue weighted by Crippen LogP contribution is 2.14. The maximum atomic E-state index is 10.9. The van der Waals surface area contributed by atoms with E-state index in [1.807, 2.05) is 0 Å². The van der Waals surface area contributed by atoms with Crippen LogP contribution >= 0.6 is 0 Å². The largest absolute Gasteiger partial charge is 0.327 e. The van der Waals surface area contributed by atoms with Gasteiger partial charge in [0.05, 0.1) is 5.75 Å². The van der Waals surface area contributed by atoms with Crippen molar-refractivity contribution in [2.45, 2.75) is 39.2 Å². The molecule has 0 heterocycles. The van der Waals surface area contributed by atoms with Crippen molar-refractivity contribution in [3.63, 3.8) is 0 Å². The van der Waals surface area contributed by atoms with Crippen molar-refractivity contribution in [3.8, 4) is 0 Å². The monoisotopic (exact) mass is 207 g/mol. The van der Waals surface area contributed by atoms with Crippen molar-refractivity contribution in [2.24, 2.45) is 11.7 Å². The van der Waals surface area contributed by atoms with E-state index < -0.39 is 9.84 Å². The quantitative estimate of drug-likeness (QED) is 0.711. The third-order valence-electron chi connectivity index (χ3n) is 2.31. The van der Waals surface area contributed by atoms with Crippen LogP contribution in [0, 0.1) is 5.92 Å². The fourth-order valence-electron chi connectivity index (χ4n) is 1.51. The normalized spacial score (nSPS) is 14.8. The van der Waals surface area contributed by atoms with E-state index in [0.717, 1.165) is 19.3 Å². The standard InChI is InChI=1S/C9H21NO2S/c1-4-8(5-2)6-9(10)7-13(3,11)12/h8-9H,4-7,10H2,1-3H3. The molecule has 0 saturated heterocycles. The highest BCUT2D eigenvalue weighted by Gasteiger charge is 2.14. The number of rotatable bonds is 6. The van der Waals surface area contributed by atoms with E-state index in [0.29, 0.717) is 5.92 Å². The van der Waals surface area contributed by atoms with Crippen LogP contribution in [-0.2, 0) is 9.84 Å². The molecule has 0 aromatic rings. The zero-order valence-corrected chi connectivity index (χ0v) is 9.60. The maximum absolute atomic E-state index is 10.9. The lowest BCUT2D eigenvalue weighted by Gasteiger charge is -2.17. The van der Waals surface area contributed by atoms with Gasteiger partial charge in [-0.1, -0.05) is 26.7 Å². The van der Waals surface area contributed by atoms with Gasteiger partial charge in [-0.2, -0.15) is 0 Å². The predicted octanol–water partition coefficient (Wildman–Crippen LogP) is 1.18. The molecule has 3 nitrogen and oxygen atoms in total. The van der Waals surface area contributed by atoms with E-state index >= 15 is 0 Å². The molecule has 1 unspecified atom stereocenters. The molecule has 0 aromatic carbocycles. The molecule has 0 fully saturated rings. The Hall–Kier alpha value is -0.0900. The van der Waals surface area contributed by atoms with Gasteiger partial charge in [-0.05, 0) is 12.3 Å². The van der Waals surface area contributed by atoms with Crippen LogP contribution in [-0.4, -0.2) is 26.5 Å². The smallest absolute Gasteiger partial charge is 0.148 e. The van der Waals surface area contributed by atoms with Crippen LogP contribution in [0.3, 0.4) is 0 Å². The van der Waals surface area contributed by atoms with Gasteiger partial charge in [0.25, 0.3) is 0 Å². The summed E-state index contributed by atoms with van der Waals surface area (Å²) < 4.78 is 21.8. The van der Waals surface area contributed by atoms with Crippen molar-refractivity contribution in [2.75, 3.05) is 12.0 Å². The lowest BCUT2D eigenvalue weighted by atomic mass is 9.96. The summed E-state index contributed by atoms with van der Waals surface area (Å²) in [5.74, 6) is 0.681. The Bertz CT molecular complexity index is 220. The number of hydrogen-bond acceptors (Lipinski definition) is 3. The SMILES string of the molecule is CCC(CC)CC(N)CS(C)(=O)=O. The molecule has 0 radical (unpaired) electrons. The molecule has 0 aliphatic rings. The molecular weight excluding hydrogens is 186 g/mol. The predicted molar refractivity (Wildman–Crippen MR) is 56.4 cm³/mol. The summed E-state index contributed by atoms with van der Waals surface area (Å²) in [5.41, 5.74) is 5.73. The summed E-state index contributed by atoms with van der Waals surface area (Å²) in [5, 5.41) is 0. The Balaban J connectivity index is 3.93. The van der Waals surface area contributed by atoms with Crippen LogP contribution in [0.4, 0.5) is 0 Å². The Kier molecular flexibility index (Phi) is 5.56. The van der Waals surface area contributed by atoms with E-state index in [1.165, 1.54) is 6.26 Å². The van der Waals surface area contributed by atoms with Crippen molar-refractivity contribution in [1.29, 1.82) is 0 Å². The molecule has 0 aliphatic heterocycles.